The zero-order chi connectivity index (χ0) is 33.4. The Hall–Kier alpha value is -5.15. The van der Waals surface area contributed by atoms with Crippen molar-refractivity contribution in [1.29, 1.82) is 0 Å². The van der Waals surface area contributed by atoms with Gasteiger partial charge < -0.3 is 30.3 Å². The number of aryl methyl sites for hydroxylation is 1. The van der Waals surface area contributed by atoms with Gasteiger partial charge in [-0.25, -0.2) is 4.79 Å². The van der Waals surface area contributed by atoms with Gasteiger partial charge in [-0.05, 0) is 104 Å². The summed E-state index contributed by atoms with van der Waals surface area (Å²) in [6.07, 6.45) is -0.477. The van der Waals surface area contributed by atoms with Crippen molar-refractivity contribution in [3.63, 3.8) is 0 Å². The number of amides is 3. The Balaban J connectivity index is 1.16. The van der Waals surface area contributed by atoms with E-state index in [1.165, 1.54) is 0 Å². The quantitative estimate of drug-likeness (QED) is 0.189. The van der Waals surface area contributed by atoms with Crippen LogP contribution >= 0.6 is 0 Å². The molecule has 1 saturated heterocycles. The molecule has 0 unspecified atom stereocenters. The Kier molecular flexibility index (Phi) is 10.6. The van der Waals surface area contributed by atoms with Crippen molar-refractivity contribution >= 4 is 29.3 Å². The molecule has 5 rings (SSSR count). The van der Waals surface area contributed by atoms with Crippen LogP contribution in [0.4, 0.5) is 16.2 Å². The van der Waals surface area contributed by atoms with Gasteiger partial charge in [0.25, 0.3) is 11.8 Å². The van der Waals surface area contributed by atoms with Gasteiger partial charge in [-0.1, -0.05) is 42.5 Å². The van der Waals surface area contributed by atoms with E-state index in [2.05, 4.69) is 20.9 Å². The van der Waals surface area contributed by atoms with E-state index in [0.717, 1.165) is 65.5 Å². The number of nitrogens with one attached hydrogen (secondary N) is 3. The molecular formula is C38H42N4O5. The molecule has 0 aromatic heterocycles. The summed E-state index contributed by atoms with van der Waals surface area (Å²) in [6.45, 7) is 11.3. The molecule has 1 fully saturated rings. The maximum atomic E-state index is 13.1. The van der Waals surface area contributed by atoms with Crippen molar-refractivity contribution in [2.24, 2.45) is 0 Å². The van der Waals surface area contributed by atoms with Crippen molar-refractivity contribution in [3.8, 4) is 11.1 Å². The van der Waals surface area contributed by atoms with Gasteiger partial charge in [0.2, 0.25) is 0 Å². The van der Waals surface area contributed by atoms with Gasteiger partial charge in [-0.15, -0.1) is 0 Å². The van der Waals surface area contributed by atoms with Crippen LogP contribution in [0.25, 0.3) is 11.1 Å². The number of morpholine rings is 1. The summed E-state index contributed by atoms with van der Waals surface area (Å²) in [5.74, 6) is -0.385. The second-order valence-corrected chi connectivity index (χ2v) is 12.6. The lowest BCUT2D eigenvalue weighted by Gasteiger charge is -2.28. The Morgan fingerprint density at radius 2 is 1.40 bits per heavy atom. The van der Waals surface area contributed by atoms with Crippen molar-refractivity contribution in [3.05, 3.63) is 119 Å². The van der Waals surface area contributed by atoms with Crippen molar-refractivity contribution in [2.75, 3.05) is 36.5 Å². The highest BCUT2D eigenvalue weighted by molar-refractivity contribution is 6.05. The van der Waals surface area contributed by atoms with Gasteiger partial charge in [0.05, 0.1) is 13.2 Å². The van der Waals surface area contributed by atoms with E-state index in [1.54, 1.807) is 12.1 Å². The molecule has 0 atom stereocenters. The Labute approximate surface area is 276 Å². The van der Waals surface area contributed by atoms with Crippen LogP contribution < -0.4 is 20.9 Å². The molecule has 0 aliphatic carbocycles. The number of ether oxygens (including phenoxy) is 2. The number of rotatable bonds is 9. The number of carbonyl (C=O) groups is 3. The van der Waals surface area contributed by atoms with Gasteiger partial charge in [0.15, 0.2) is 0 Å². The van der Waals surface area contributed by atoms with Crippen molar-refractivity contribution in [1.82, 2.24) is 10.6 Å². The largest absolute Gasteiger partial charge is 0.444 e. The molecule has 1 heterocycles. The first-order chi connectivity index (χ1) is 22.5. The number of alkyl carbamates (subject to hydrolysis) is 1. The summed E-state index contributed by atoms with van der Waals surface area (Å²) in [7, 11) is 0. The highest BCUT2D eigenvalue weighted by Gasteiger charge is 2.16. The van der Waals surface area contributed by atoms with Crippen LogP contribution in [-0.4, -0.2) is 49.8 Å². The fourth-order valence-electron chi connectivity index (χ4n) is 5.28. The van der Waals surface area contributed by atoms with Crippen LogP contribution in [0, 0.1) is 6.92 Å². The monoisotopic (exact) mass is 634 g/mol. The van der Waals surface area contributed by atoms with E-state index < -0.39 is 11.7 Å². The van der Waals surface area contributed by atoms with Crippen LogP contribution in [-0.2, 0) is 22.6 Å². The summed E-state index contributed by atoms with van der Waals surface area (Å²) < 4.78 is 10.7. The molecular weight excluding hydrogens is 592 g/mol. The predicted octanol–water partition coefficient (Wildman–Crippen LogP) is 6.71. The number of hydrogen-bond donors (Lipinski definition) is 3. The molecule has 1 aliphatic rings. The SMILES string of the molecule is Cc1ccc(C(=O)Nc2ccc(N3CCOCC3)cc2)cc1-c1ccc(C(=O)NCc2cccc(CNC(=O)OC(C)(C)C)c2)cc1. The summed E-state index contributed by atoms with van der Waals surface area (Å²) in [5, 5.41) is 8.72. The van der Waals surface area contributed by atoms with Crippen LogP contribution in [0.5, 0.6) is 0 Å². The minimum atomic E-state index is -0.564. The van der Waals surface area contributed by atoms with Crippen molar-refractivity contribution < 1.29 is 23.9 Å². The van der Waals surface area contributed by atoms with Gasteiger partial charge in [0, 0.05) is 48.7 Å². The highest BCUT2D eigenvalue weighted by Crippen LogP contribution is 2.26. The second-order valence-electron chi connectivity index (χ2n) is 12.6. The molecule has 0 spiro atoms. The van der Waals surface area contributed by atoms with Crippen LogP contribution in [0.2, 0.25) is 0 Å². The third-order valence-electron chi connectivity index (χ3n) is 7.74. The number of hydrogen-bond acceptors (Lipinski definition) is 6. The Morgan fingerprint density at radius 1 is 0.766 bits per heavy atom. The molecule has 244 valence electrons. The van der Waals surface area contributed by atoms with Crippen LogP contribution in [0.3, 0.4) is 0 Å². The molecule has 0 saturated carbocycles. The predicted molar refractivity (Wildman–Crippen MR) is 185 cm³/mol. The highest BCUT2D eigenvalue weighted by atomic mass is 16.6. The molecule has 9 nitrogen and oxygen atoms in total. The average molecular weight is 635 g/mol. The lowest BCUT2D eigenvalue weighted by atomic mass is 9.97. The zero-order valence-electron chi connectivity index (χ0n) is 27.4. The topological polar surface area (TPSA) is 109 Å². The van der Waals surface area contributed by atoms with Gasteiger partial charge in [-0.2, -0.15) is 0 Å². The van der Waals surface area contributed by atoms with E-state index in [0.29, 0.717) is 24.2 Å². The van der Waals surface area contributed by atoms with E-state index in [1.807, 2.05) is 107 Å². The summed E-state index contributed by atoms with van der Waals surface area (Å²) in [5.41, 5.74) is 7.03. The third kappa shape index (κ3) is 9.43. The molecule has 0 bridgehead atoms. The fraction of sp³-hybridized carbons (Fsp3) is 0.289. The first-order valence-electron chi connectivity index (χ1n) is 15.8. The molecule has 3 amide bonds. The number of carbonyl (C=O) groups excluding carboxylic acids is 3. The minimum Gasteiger partial charge on any atom is -0.444 e. The van der Waals surface area contributed by atoms with Crippen LogP contribution in [0.15, 0.2) is 91.0 Å². The standard InChI is InChI=1S/C38H42N4O5/c1-26-8-9-31(36(44)41-32-14-16-33(17-15-32)42-18-20-46-21-19-42)23-34(26)29-10-12-30(13-11-29)35(43)39-24-27-6-5-7-28(22-27)25-40-37(45)47-38(2,3)4/h5-17,22-23H,18-21,24-25H2,1-4H3,(H,39,43)(H,40,45)(H,41,44). The van der Waals surface area contributed by atoms with E-state index in [4.69, 9.17) is 9.47 Å². The smallest absolute Gasteiger partial charge is 0.407 e. The lowest BCUT2D eigenvalue weighted by Crippen LogP contribution is -2.36. The normalized spacial score (nSPS) is 13.1. The van der Waals surface area contributed by atoms with Gasteiger partial charge >= 0.3 is 6.09 Å². The Bertz CT molecular complexity index is 1710. The number of benzene rings is 4. The molecule has 1 aliphatic heterocycles. The summed E-state index contributed by atoms with van der Waals surface area (Å²) in [6, 6.07) is 28.5. The van der Waals surface area contributed by atoms with E-state index in [-0.39, 0.29) is 11.8 Å². The molecule has 3 N–H and O–H groups in total. The first kappa shape index (κ1) is 33.2. The van der Waals surface area contributed by atoms with Gasteiger partial charge in [0.1, 0.15) is 5.60 Å². The zero-order valence-corrected chi connectivity index (χ0v) is 27.4. The lowest BCUT2D eigenvalue weighted by molar-refractivity contribution is 0.0523. The molecule has 4 aromatic rings. The van der Waals surface area contributed by atoms with Crippen LogP contribution in [0.1, 0.15) is 58.2 Å². The molecule has 0 radical (unpaired) electrons. The third-order valence-corrected chi connectivity index (χ3v) is 7.74. The molecule has 9 heteroatoms. The first-order valence-corrected chi connectivity index (χ1v) is 15.8. The van der Waals surface area contributed by atoms with Crippen molar-refractivity contribution in [2.45, 2.75) is 46.4 Å². The Morgan fingerprint density at radius 3 is 2.06 bits per heavy atom. The minimum absolute atomic E-state index is 0.189. The van der Waals surface area contributed by atoms with Gasteiger partial charge in [-0.3, -0.25) is 9.59 Å². The maximum Gasteiger partial charge on any atom is 0.407 e. The van der Waals surface area contributed by atoms with E-state index >= 15 is 0 Å². The average Bonchev–Trinajstić information content (AvgIpc) is 3.07. The van der Waals surface area contributed by atoms with E-state index in [9.17, 15) is 14.4 Å². The number of anilines is 2. The maximum absolute atomic E-state index is 13.1. The fourth-order valence-corrected chi connectivity index (χ4v) is 5.28. The summed E-state index contributed by atoms with van der Waals surface area (Å²) >= 11 is 0. The number of nitrogens with zero attached hydrogens (tertiary/aromatic N) is 1. The summed E-state index contributed by atoms with van der Waals surface area (Å²) in [4.78, 5) is 40.3. The molecule has 4 aromatic carbocycles. The second kappa shape index (κ2) is 15.0. The molecule has 47 heavy (non-hydrogen) atoms.